The highest BCUT2D eigenvalue weighted by molar-refractivity contribution is 6.42. The molecule has 4 nitrogen and oxygen atoms in total. The van der Waals surface area contributed by atoms with Gasteiger partial charge in [-0.1, -0.05) is 23.2 Å². The Kier molecular flexibility index (Phi) is 4.00. The van der Waals surface area contributed by atoms with E-state index in [1.165, 1.54) is 5.48 Å². The Balaban J connectivity index is 2.60. The number of nitrogens with one attached hydrogen (secondary N) is 2. The molecule has 0 atom stereocenters. The lowest BCUT2D eigenvalue weighted by Crippen LogP contribution is -2.26. The molecule has 14 heavy (non-hydrogen) atoms. The summed E-state index contributed by atoms with van der Waals surface area (Å²) in [7, 11) is 0. The standard InChI is InChI=1S/C8H8Cl2N2O2/c9-6-2-1-5(3-7(6)10)11-4-8(13)12-14/h1-3,11,14H,4H2,(H,12,13). The third-order valence-electron chi connectivity index (χ3n) is 1.50. The van der Waals surface area contributed by atoms with Crippen molar-refractivity contribution in [3.63, 3.8) is 0 Å². The minimum atomic E-state index is -0.531. The second kappa shape index (κ2) is 5.05. The van der Waals surface area contributed by atoms with Gasteiger partial charge in [-0.25, -0.2) is 5.48 Å². The van der Waals surface area contributed by atoms with Gasteiger partial charge in [-0.15, -0.1) is 0 Å². The molecule has 0 radical (unpaired) electrons. The van der Waals surface area contributed by atoms with E-state index >= 15 is 0 Å². The van der Waals surface area contributed by atoms with Crippen molar-refractivity contribution in [3.05, 3.63) is 28.2 Å². The minimum absolute atomic E-state index is 0.0333. The summed E-state index contributed by atoms with van der Waals surface area (Å²) >= 11 is 11.4. The molecule has 1 aromatic rings. The van der Waals surface area contributed by atoms with Crippen LogP contribution in [0.5, 0.6) is 0 Å². The molecule has 0 heterocycles. The lowest BCUT2D eigenvalue weighted by atomic mass is 10.3. The van der Waals surface area contributed by atoms with Gasteiger partial charge in [0.2, 0.25) is 0 Å². The van der Waals surface area contributed by atoms with E-state index in [0.29, 0.717) is 15.7 Å². The highest BCUT2D eigenvalue weighted by Crippen LogP contribution is 2.24. The van der Waals surface area contributed by atoms with E-state index in [9.17, 15) is 4.79 Å². The molecule has 3 N–H and O–H groups in total. The number of benzene rings is 1. The van der Waals surface area contributed by atoms with Crippen LogP contribution in [0.25, 0.3) is 0 Å². The molecular formula is C8H8Cl2N2O2. The average molecular weight is 235 g/mol. The van der Waals surface area contributed by atoms with Crippen LogP contribution in [0.1, 0.15) is 0 Å². The molecule has 0 saturated carbocycles. The number of halogens is 2. The first-order chi connectivity index (χ1) is 6.63. The van der Waals surface area contributed by atoms with Gasteiger partial charge in [0.1, 0.15) is 0 Å². The number of hydrogen-bond acceptors (Lipinski definition) is 3. The molecule has 0 aromatic heterocycles. The van der Waals surface area contributed by atoms with Crippen molar-refractivity contribution in [2.75, 3.05) is 11.9 Å². The third kappa shape index (κ3) is 3.06. The molecule has 0 fully saturated rings. The summed E-state index contributed by atoms with van der Waals surface area (Å²) < 4.78 is 0. The van der Waals surface area contributed by atoms with E-state index in [2.05, 4.69) is 5.32 Å². The van der Waals surface area contributed by atoms with Gasteiger partial charge in [-0.2, -0.15) is 0 Å². The van der Waals surface area contributed by atoms with Crippen molar-refractivity contribution in [3.8, 4) is 0 Å². The largest absolute Gasteiger partial charge is 0.376 e. The molecule has 6 heteroatoms. The first-order valence-corrected chi connectivity index (χ1v) is 4.51. The third-order valence-corrected chi connectivity index (χ3v) is 2.24. The number of carbonyl (C=O) groups excluding carboxylic acids is 1. The Morgan fingerprint density at radius 3 is 2.64 bits per heavy atom. The predicted molar refractivity (Wildman–Crippen MR) is 54.9 cm³/mol. The van der Waals surface area contributed by atoms with Gasteiger partial charge in [-0.05, 0) is 18.2 Å². The molecule has 1 aromatic carbocycles. The quantitative estimate of drug-likeness (QED) is 0.554. The fourth-order valence-corrected chi connectivity index (χ4v) is 1.13. The lowest BCUT2D eigenvalue weighted by Gasteiger charge is -2.05. The molecule has 0 aliphatic heterocycles. The molecule has 0 aliphatic carbocycles. The molecule has 76 valence electrons. The van der Waals surface area contributed by atoms with E-state index in [1.807, 2.05) is 0 Å². The summed E-state index contributed by atoms with van der Waals surface area (Å²) in [5.41, 5.74) is 2.16. The van der Waals surface area contributed by atoms with Gasteiger partial charge in [0, 0.05) is 5.69 Å². The second-order valence-electron chi connectivity index (χ2n) is 2.52. The number of anilines is 1. The van der Waals surface area contributed by atoms with Gasteiger partial charge in [0.15, 0.2) is 0 Å². The minimum Gasteiger partial charge on any atom is -0.376 e. The SMILES string of the molecule is O=C(CNc1ccc(Cl)c(Cl)c1)NO. The van der Waals surface area contributed by atoms with Gasteiger partial charge < -0.3 is 5.32 Å². The van der Waals surface area contributed by atoms with Crippen molar-refractivity contribution in [1.29, 1.82) is 0 Å². The van der Waals surface area contributed by atoms with Crippen LogP contribution in [0.15, 0.2) is 18.2 Å². The number of carbonyl (C=O) groups is 1. The normalized spacial score (nSPS) is 9.64. The summed E-state index contributed by atoms with van der Waals surface area (Å²) in [4.78, 5) is 10.7. The second-order valence-corrected chi connectivity index (χ2v) is 3.33. The fraction of sp³-hybridized carbons (Fsp3) is 0.125. The zero-order valence-corrected chi connectivity index (χ0v) is 8.56. The molecule has 1 rings (SSSR count). The maximum atomic E-state index is 10.7. The van der Waals surface area contributed by atoms with Crippen molar-refractivity contribution < 1.29 is 10.0 Å². The van der Waals surface area contributed by atoms with Crippen LogP contribution < -0.4 is 10.8 Å². The van der Waals surface area contributed by atoms with Crippen molar-refractivity contribution in [2.45, 2.75) is 0 Å². The summed E-state index contributed by atoms with van der Waals surface area (Å²) in [6, 6.07) is 4.89. The Morgan fingerprint density at radius 1 is 1.36 bits per heavy atom. The van der Waals surface area contributed by atoms with Crippen LogP contribution in [0.3, 0.4) is 0 Å². The summed E-state index contributed by atoms with van der Waals surface area (Å²) in [6.45, 7) is -0.0333. The average Bonchev–Trinajstić information content (AvgIpc) is 2.19. The van der Waals surface area contributed by atoms with Crippen LogP contribution in [0, 0.1) is 0 Å². The lowest BCUT2D eigenvalue weighted by molar-refractivity contribution is -0.127. The molecule has 0 unspecified atom stereocenters. The van der Waals surface area contributed by atoms with E-state index in [-0.39, 0.29) is 6.54 Å². The number of hydrogen-bond donors (Lipinski definition) is 3. The van der Waals surface area contributed by atoms with Crippen LogP contribution in [0.2, 0.25) is 10.0 Å². The zero-order chi connectivity index (χ0) is 10.6. The van der Waals surface area contributed by atoms with E-state index < -0.39 is 5.91 Å². The molecule has 0 spiro atoms. The number of amides is 1. The Hall–Kier alpha value is -0.970. The van der Waals surface area contributed by atoms with Gasteiger partial charge in [-0.3, -0.25) is 10.0 Å². The topological polar surface area (TPSA) is 61.4 Å². The monoisotopic (exact) mass is 234 g/mol. The van der Waals surface area contributed by atoms with Crippen LogP contribution in [-0.4, -0.2) is 17.7 Å². The van der Waals surface area contributed by atoms with Crippen LogP contribution in [-0.2, 0) is 4.79 Å². The van der Waals surface area contributed by atoms with E-state index in [1.54, 1.807) is 18.2 Å². The van der Waals surface area contributed by atoms with Crippen LogP contribution in [0.4, 0.5) is 5.69 Å². The van der Waals surface area contributed by atoms with Crippen molar-refractivity contribution in [1.82, 2.24) is 5.48 Å². The van der Waals surface area contributed by atoms with Crippen LogP contribution >= 0.6 is 23.2 Å². The van der Waals surface area contributed by atoms with Crippen molar-refractivity contribution >= 4 is 34.8 Å². The Labute approximate surface area is 90.8 Å². The molecule has 0 bridgehead atoms. The molecule has 1 amide bonds. The maximum Gasteiger partial charge on any atom is 0.262 e. The zero-order valence-electron chi connectivity index (χ0n) is 7.05. The van der Waals surface area contributed by atoms with Crippen molar-refractivity contribution in [2.24, 2.45) is 0 Å². The summed E-state index contributed by atoms with van der Waals surface area (Å²) in [6.07, 6.45) is 0. The first kappa shape index (κ1) is 11.1. The van der Waals surface area contributed by atoms with E-state index in [4.69, 9.17) is 28.4 Å². The Morgan fingerprint density at radius 2 is 2.07 bits per heavy atom. The number of rotatable bonds is 3. The summed E-state index contributed by atoms with van der Waals surface area (Å²) in [5.74, 6) is -0.531. The number of hydroxylamine groups is 1. The summed E-state index contributed by atoms with van der Waals surface area (Å²) in [5, 5.41) is 11.8. The first-order valence-electron chi connectivity index (χ1n) is 3.75. The smallest absolute Gasteiger partial charge is 0.262 e. The van der Waals surface area contributed by atoms with E-state index in [0.717, 1.165) is 0 Å². The highest BCUT2D eigenvalue weighted by Gasteiger charge is 2.01. The molecule has 0 aliphatic rings. The fourth-order valence-electron chi connectivity index (χ4n) is 0.828. The van der Waals surface area contributed by atoms with Gasteiger partial charge in [0.25, 0.3) is 5.91 Å². The molecule has 0 saturated heterocycles. The Bertz CT molecular complexity index is 344. The molecular weight excluding hydrogens is 227 g/mol. The highest BCUT2D eigenvalue weighted by atomic mass is 35.5. The van der Waals surface area contributed by atoms with Gasteiger partial charge in [0.05, 0.1) is 16.6 Å². The predicted octanol–water partition coefficient (Wildman–Crippen LogP) is 1.91. The van der Waals surface area contributed by atoms with Gasteiger partial charge >= 0.3 is 0 Å². The maximum absolute atomic E-state index is 10.7.